The minimum absolute atomic E-state index is 0.0668. The van der Waals surface area contributed by atoms with Gasteiger partial charge in [0.05, 0.1) is 22.5 Å². The van der Waals surface area contributed by atoms with Gasteiger partial charge in [0.15, 0.2) is 0 Å². The molecule has 1 aromatic carbocycles. The number of aromatic nitrogens is 2. The molecule has 1 aliphatic heterocycles. The number of halogens is 1. The largest absolute Gasteiger partial charge is 0.444 e. The molecule has 1 N–H and O–H groups in total. The lowest BCUT2D eigenvalue weighted by Crippen LogP contribution is -2.47. The average Bonchev–Trinajstić information content (AvgIpc) is 2.61. The quantitative estimate of drug-likeness (QED) is 0.831. The van der Waals surface area contributed by atoms with Crippen molar-refractivity contribution in [3.05, 3.63) is 34.9 Å². The predicted octanol–water partition coefficient (Wildman–Crippen LogP) is 3.52. The number of alkyl carbamates (subject to hydrolysis) is 1. The number of hydrogen-bond donors (Lipinski definition) is 1. The van der Waals surface area contributed by atoms with Crippen molar-refractivity contribution in [3.8, 4) is 0 Å². The van der Waals surface area contributed by atoms with E-state index in [1.165, 1.54) is 12.1 Å². The Labute approximate surface area is 169 Å². The second-order valence-electron chi connectivity index (χ2n) is 8.43. The summed E-state index contributed by atoms with van der Waals surface area (Å²) in [4.78, 5) is 35.5. The summed E-state index contributed by atoms with van der Waals surface area (Å²) in [5.41, 5.74) is 1.85. The highest BCUT2D eigenvalue weighted by atomic mass is 19.1. The van der Waals surface area contributed by atoms with Gasteiger partial charge in [0.1, 0.15) is 16.9 Å². The first-order valence-electron chi connectivity index (χ1n) is 9.77. The molecule has 3 rings (SSSR count). The minimum atomic E-state index is -0.559. The van der Waals surface area contributed by atoms with Crippen LogP contribution in [0.15, 0.2) is 12.1 Å². The fourth-order valence-corrected chi connectivity index (χ4v) is 3.33. The molecular weight excluding hydrogens is 375 g/mol. The normalized spacial score (nSPS) is 15.4. The first-order valence-corrected chi connectivity index (χ1v) is 9.77. The third kappa shape index (κ3) is 4.99. The maximum absolute atomic E-state index is 14.1. The third-order valence-electron chi connectivity index (χ3n) is 4.88. The fourth-order valence-electron chi connectivity index (χ4n) is 3.33. The van der Waals surface area contributed by atoms with E-state index < -0.39 is 17.5 Å². The number of aryl methyl sites for hydroxylation is 2. The van der Waals surface area contributed by atoms with Gasteiger partial charge in [0, 0.05) is 25.2 Å². The standard InChI is InChI=1S/C21H27FN4O3/c1-12-13(2)24-18-16(10-14(22)11-17(18)23-12)19(27)26-8-6-15(7-9-26)25-20(28)29-21(3,4)5/h10-11,15H,6-9H2,1-5H3,(H,25,28). The fraction of sp³-hybridized carbons (Fsp3) is 0.524. The highest BCUT2D eigenvalue weighted by molar-refractivity contribution is 6.04. The number of carbonyl (C=O) groups is 2. The smallest absolute Gasteiger partial charge is 0.407 e. The summed E-state index contributed by atoms with van der Waals surface area (Å²) in [5, 5.41) is 2.85. The van der Waals surface area contributed by atoms with Crippen LogP contribution in [0, 0.1) is 19.7 Å². The molecule has 0 spiro atoms. The van der Waals surface area contributed by atoms with Gasteiger partial charge in [-0.25, -0.2) is 19.2 Å². The molecule has 0 saturated carbocycles. The van der Waals surface area contributed by atoms with Crippen LogP contribution in [0.25, 0.3) is 11.0 Å². The SMILES string of the molecule is Cc1nc2cc(F)cc(C(=O)N3CCC(NC(=O)OC(C)(C)C)CC3)c2nc1C. The molecule has 2 aromatic rings. The van der Waals surface area contributed by atoms with Crippen LogP contribution in [0.3, 0.4) is 0 Å². The van der Waals surface area contributed by atoms with E-state index in [-0.39, 0.29) is 17.5 Å². The van der Waals surface area contributed by atoms with Crippen molar-refractivity contribution >= 4 is 23.0 Å². The Morgan fingerprint density at radius 1 is 1.14 bits per heavy atom. The maximum atomic E-state index is 14.1. The van der Waals surface area contributed by atoms with Gasteiger partial charge in [-0.2, -0.15) is 0 Å². The Balaban J connectivity index is 1.71. The summed E-state index contributed by atoms with van der Waals surface area (Å²) < 4.78 is 19.4. The van der Waals surface area contributed by atoms with Gasteiger partial charge >= 0.3 is 6.09 Å². The number of carbonyl (C=O) groups excluding carboxylic acids is 2. The summed E-state index contributed by atoms with van der Waals surface area (Å²) in [5.74, 6) is -0.789. The zero-order valence-electron chi connectivity index (χ0n) is 17.5. The molecule has 2 heterocycles. The highest BCUT2D eigenvalue weighted by Crippen LogP contribution is 2.22. The van der Waals surface area contributed by atoms with E-state index in [1.807, 2.05) is 27.7 Å². The van der Waals surface area contributed by atoms with Gasteiger partial charge in [-0.1, -0.05) is 0 Å². The summed E-state index contributed by atoms with van der Waals surface area (Å²) in [6, 6.07) is 2.45. The van der Waals surface area contributed by atoms with Gasteiger partial charge in [-0.3, -0.25) is 4.79 Å². The Kier molecular flexibility index (Phi) is 5.73. The molecule has 2 amide bonds. The number of hydrogen-bond acceptors (Lipinski definition) is 5. The van der Waals surface area contributed by atoms with Crippen LogP contribution in [0.5, 0.6) is 0 Å². The molecule has 1 aliphatic rings. The lowest BCUT2D eigenvalue weighted by molar-refractivity contribution is 0.0473. The lowest BCUT2D eigenvalue weighted by Gasteiger charge is -2.33. The Morgan fingerprint density at radius 2 is 1.76 bits per heavy atom. The van der Waals surface area contributed by atoms with Crippen molar-refractivity contribution in [2.45, 2.75) is 59.1 Å². The van der Waals surface area contributed by atoms with Crippen molar-refractivity contribution in [2.24, 2.45) is 0 Å². The van der Waals surface area contributed by atoms with Gasteiger partial charge in [-0.15, -0.1) is 0 Å². The maximum Gasteiger partial charge on any atom is 0.407 e. The summed E-state index contributed by atoms with van der Waals surface area (Å²) in [6.07, 6.45) is 0.740. The zero-order chi connectivity index (χ0) is 21.3. The third-order valence-corrected chi connectivity index (χ3v) is 4.88. The minimum Gasteiger partial charge on any atom is -0.444 e. The number of benzene rings is 1. The first-order chi connectivity index (χ1) is 13.5. The molecule has 29 heavy (non-hydrogen) atoms. The number of fused-ring (bicyclic) bond motifs is 1. The average molecular weight is 402 g/mol. The van der Waals surface area contributed by atoms with E-state index in [1.54, 1.807) is 11.8 Å². The number of amides is 2. The van der Waals surface area contributed by atoms with E-state index in [4.69, 9.17) is 4.74 Å². The number of ether oxygens (including phenoxy) is 1. The van der Waals surface area contributed by atoms with E-state index >= 15 is 0 Å². The van der Waals surface area contributed by atoms with Gasteiger partial charge < -0.3 is 15.0 Å². The summed E-state index contributed by atoms with van der Waals surface area (Å²) >= 11 is 0. The van der Waals surface area contributed by atoms with Crippen molar-refractivity contribution in [1.29, 1.82) is 0 Å². The van der Waals surface area contributed by atoms with Crippen LogP contribution in [-0.4, -0.2) is 51.6 Å². The van der Waals surface area contributed by atoms with Crippen LogP contribution in [-0.2, 0) is 4.74 Å². The molecule has 1 fully saturated rings. The van der Waals surface area contributed by atoms with Gasteiger partial charge in [0.25, 0.3) is 5.91 Å². The molecule has 0 bridgehead atoms. The highest BCUT2D eigenvalue weighted by Gasteiger charge is 2.28. The van der Waals surface area contributed by atoms with Gasteiger partial charge in [0.2, 0.25) is 0 Å². The molecule has 0 aliphatic carbocycles. The van der Waals surface area contributed by atoms with Crippen molar-refractivity contribution in [2.75, 3.05) is 13.1 Å². The van der Waals surface area contributed by atoms with Gasteiger partial charge in [-0.05, 0) is 53.5 Å². The second kappa shape index (κ2) is 7.93. The lowest BCUT2D eigenvalue weighted by atomic mass is 10.0. The Bertz CT molecular complexity index is 947. The molecule has 0 unspecified atom stereocenters. The van der Waals surface area contributed by atoms with Crippen LogP contribution >= 0.6 is 0 Å². The van der Waals surface area contributed by atoms with Crippen LogP contribution in [0.1, 0.15) is 55.4 Å². The van der Waals surface area contributed by atoms with E-state index in [2.05, 4.69) is 15.3 Å². The van der Waals surface area contributed by atoms with E-state index in [9.17, 15) is 14.0 Å². The monoisotopic (exact) mass is 402 g/mol. The number of nitrogens with zero attached hydrogens (tertiary/aromatic N) is 3. The summed E-state index contributed by atoms with van der Waals surface area (Å²) in [6.45, 7) is 9.95. The van der Waals surface area contributed by atoms with Crippen LogP contribution < -0.4 is 5.32 Å². The molecule has 156 valence electrons. The van der Waals surface area contributed by atoms with Crippen molar-refractivity contribution < 1.29 is 18.7 Å². The molecule has 0 atom stereocenters. The van der Waals surface area contributed by atoms with Crippen LogP contribution in [0.4, 0.5) is 9.18 Å². The second-order valence-corrected chi connectivity index (χ2v) is 8.43. The number of rotatable bonds is 2. The van der Waals surface area contributed by atoms with Crippen molar-refractivity contribution in [3.63, 3.8) is 0 Å². The molecule has 0 radical (unpaired) electrons. The Morgan fingerprint density at radius 3 is 2.38 bits per heavy atom. The number of piperidine rings is 1. The first kappa shape index (κ1) is 21.0. The predicted molar refractivity (Wildman–Crippen MR) is 107 cm³/mol. The molecule has 1 aromatic heterocycles. The van der Waals surface area contributed by atoms with E-state index in [0.717, 1.165) is 0 Å². The van der Waals surface area contributed by atoms with Crippen LogP contribution in [0.2, 0.25) is 0 Å². The zero-order valence-corrected chi connectivity index (χ0v) is 17.5. The number of nitrogens with one attached hydrogen (secondary N) is 1. The number of likely N-dealkylation sites (tertiary alicyclic amines) is 1. The topological polar surface area (TPSA) is 84.4 Å². The molecule has 8 heteroatoms. The van der Waals surface area contributed by atoms with E-state index in [0.29, 0.717) is 48.4 Å². The van der Waals surface area contributed by atoms with Crippen molar-refractivity contribution in [1.82, 2.24) is 20.2 Å². The Hall–Kier alpha value is -2.77. The molecule has 1 saturated heterocycles. The summed E-state index contributed by atoms with van der Waals surface area (Å²) in [7, 11) is 0. The molecule has 7 nitrogen and oxygen atoms in total. The molecular formula is C21H27FN4O3.